The van der Waals surface area contributed by atoms with E-state index in [0.717, 1.165) is 0 Å². The maximum atomic E-state index is 11.8. The number of para-hydroxylation sites is 2. The van der Waals surface area contributed by atoms with Crippen molar-refractivity contribution in [3.8, 4) is 0 Å². The quantitative estimate of drug-likeness (QED) is 0.590. The van der Waals surface area contributed by atoms with Gasteiger partial charge in [0.25, 0.3) is 5.91 Å². The second-order valence-electron chi connectivity index (χ2n) is 3.56. The molecule has 0 atom stereocenters. The lowest BCUT2D eigenvalue weighted by Gasteiger charge is -2.19. The van der Waals surface area contributed by atoms with E-state index in [1.54, 1.807) is 26.3 Å². The molecule has 0 fully saturated rings. The summed E-state index contributed by atoms with van der Waals surface area (Å²) in [7, 11) is 3.26. The molecule has 5 nitrogen and oxygen atoms in total. The van der Waals surface area contributed by atoms with Gasteiger partial charge in [0.05, 0.1) is 24.6 Å². The normalized spacial score (nSPS) is 10.2. The van der Waals surface area contributed by atoms with Crippen LogP contribution in [0.3, 0.4) is 0 Å². The van der Waals surface area contributed by atoms with Crippen molar-refractivity contribution in [3.05, 3.63) is 24.3 Å². The first-order chi connectivity index (χ1) is 8.16. The Bertz CT molecular complexity index is 369. The van der Waals surface area contributed by atoms with Crippen molar-refractivity contribution in [3.63, 3.8) is 0 Å². The SMILES string of the molecule is COCCOCC(=O)N(C)c1ccccc1N. The van der Waals surface area contributed by atoms with E-state index in [9.17, 15) is 4.79 Å². The molecule has 17 heavy (non-hydrogen) atoms. The van der Waals surface area contributed by atoms with Crippen molar-refractivity contribution >= 4 is 17.3 Å². The molecule has 0 aliphatic rings. The van der Waals surface area contributed by atoms with Gasteiger partial charge >= 0.3 is 0 Å². The van der Waals surface area contributed by atoms with Gasteiger partial charge in [0.1, 0.15) is 6.61 Å². The molecular formula is C12H18N2O3. The predicted octanol–water partition coefficient (Wildman–Crippen LogP) is 0.895. The third-order valence-electron chi connectivity index (χ3n) is 2.33. The van der Waals surface area contributed by atoms with Gasteiger partial charge in [0.15, 0.2) is 0 Å². The second-order valence-corrected chi connectivity index (χ2v) is 3.56. The van der Waals surface area contributed by atoms with Gasteiger partial charge in [0.2, 0.25) is 0 Å². The molecule has 1 aromatic rings. The molecule has 1 aromatic carbocycles. The largest absolute Gasteiger partial charge is 0.397 e. The molecule has 0 aromatic heterocycles. The van der Waals surface area contributed by atoms with Crippen LogP contribution in [-0.4, -0.2) is 39.9 Å². The summed E-state index contributed by atoms with van der Waals surface area (Å²) < 4.78 is 9.98. The summed E-state index contributed by atoms with van der Waals surface area (Å²) >= 11 is 0. The topological polar surface area (TPSA) is 64.8 Å². The zero-order valence-corrected chi connectivity index (χ0v) is 10.2. The van der Waals surface area contributed by atoms with Crippen LogP contribution in [0.5, 0.6) is 0 Å². The van der Waals surface area contributed by atoms with E-state index in [1.807, 2.05) is 12.1 Å². The first kappa shape index (κ1) is 13.5. The Labute approximate surface area is 101 Å². The Morgan fingerprint density at radius 1 is 1.35 bits per heavy atom. The van der Waals surface area contributed by atoms with Crippen molar-refractivity contribution < 1.29 is 14.3 Å². The third kappa shape index (κ3) is 4.05. The summed E-state index contributed by atoms with van der Waals surface area (Å²) in [4.78, 5) is 13.3. The first-order valence-electron chi connectivity index (χ1n) is 5.34. The highest BCUT2D eigenvalue weighted by molar-refractivity contribution is 5.96. The molecule has 0 saturated heterocycles. The molecule has 0 bridgehead atoms. The number of carbonyl (C=O) groups excluding carboxylic acids is 1. The lowest BCUT2D eigenvalue weighted by Crippen LogP contribution is -2.31. The number of carbonyl (C=O) groups is 1. The molecule has 5 heteroatoms. The first-order valence-corrected chi connectivity index (χ1v) is 5.34. The number of methoxy groups -OCH3 is 1. The molecule has 1 amide bonds. The van der Waals surface area contributed by atoms with Gasteiger partial charge in [-0.25, -0.2) is 0 Å². The lowest BCUT2D eigenvalue weighted by atomic mass is 10.2. The standard InChI is InChI=1S/C12H18N2O3/c1-14(11-6-4-3-5-10(11)13)12(15)9-17-8-7-16-2/h3-6H,7-9,13H2,1-2H3. The van der Waals surface area contributed by atoms with E-state index in [0.29, 0.717) is 24.6 Å². The number of nitrogens with zero attached hydrogens (tertiary/aromatic N) is 1. The fourth-order valence-electron chi connectivity index (χ4n) is 1.33. The van der Waals surface area contributed by atoms with Gasteiger partial charge in [-0.15, -0.1) is 0 Å². The third-order valence-corrected chi connectivity index (χ3v) is 2.33. The number of ether oxygens (including phenoxy) is 2. The van der Waals surface area contributed by atoms with Crippen LogP contribution in [0.15, 0.2) is 24.3 Å². The number of nitrogen functional groups attached to an aromatic ring is 1. The summed E-state index contributed by atoms with van der Waals surface area (Å²) in [6.07, 6.45) is 0. The summed E-state index contributed by atoms with van der Waals surface area (Å²) in [5.74, 6) is -0.140. The van der Waals surface area contributed by atoms with E-state index in [1.165, 1.54) is 4.90 Å². The van der Waals surface area contributed by atoms with Gasteiger partial charge in [-0.3, -0.25) is 4.79 Å². The Morgan fingerprint density at radius 3 is 2.71 bits per heavy atom. The molecule has 0 unspecified atom stereocenters. The molecular weight excluding hydrogens is 220 g/mol. The summed E-state index contributed by atoms with van der Waals surface area (Å²) in [5, 5.41) is 0. The van der Waals surface area contributed by atoms with Gasteiger partial charge in [-0.05, 0) is 12.1 Å². The number of amides is 1. The number of nitrogens with two attached hydrogens (primary N) is 1. The van der Waals surface area contributed by atoms with Crippen LogP contribution in [0.25, 0.3) is 0 Å². The molecule has 0 saturated carbocycles. The Balaban J connectivity index is 2.49. The fraction of sp³-hybridized carbons (Fsp3) is 0.417. The van der Waals surface area contributed by atoms with E-state index in [4.69, 9.17) is 15.2 Å². The smallest absolute Gasteiger partial charge is 0.252 e. The minimum Gasteiger partial charge on any atom is -0.397 e. The minimum atomic E-state index is -0.140. The highest BCUT2D eigenvalue weighted by Crippen LogP contribution is 2.20. The van der Waals surface area contributed by atoms with E-state index in [-0.39, 0.29) is 12.5 Å². The Kier molecular flexibility index (Phi) is 5.45. The average Bonchev–Trinajstić information content (AvgIpc) is 2.34. The van der Waals surface area contributed by atoms with Crippen LogP contribution in [0.2, 0.25) is 0 Å². The highest BCUT2D eigenvalue weighted by Gasteiger charge is 2.12. The number of hydrogen-bond donors (Lipinski definition) is 1. The van der Waals surface area contributed by atoms with Gasteiger partial charge in [-0.2, -0.15) is 0 Å². The second kappa shape index (κ2) is 6.88. The van der Waals surface area contributed by atoms with E-state index in [2.05, 4.69) is 0 Å². The number of anilines is 2. The molecule has 2 N–H and O–H groups in total. The van der Waals surface area contributed by atoms with Crippen molar-refractivity contribution in [2.24, 2.45) is 0 Å². The van der Waals surface area contributed by atoms with E-state index < -0.39 is 0 Å². The fourth-order valence-corrected chi connectivity index (χ4v) is 1.33. The number of hydrogen-bond acceptors (Lipinski definition) is 4. The van der Waals surface area contributed by atoms with E-state index >= 15 is 0 Å². The average molecular weight is 238 g/mol. The molecule has 0 heterocycles. The van der Waals surface area contributed by atoms with Crippen LogP contribution in [0.1, 0.15) is 0 Å². The molecule has 0 aliphatic carbocycles. The van der Waals surface area contributed by atoms with Crippen molar-refractivity contribution in [2.45, 2.75) is 0 Å². The molecule has 0 radical (unpaired) electrons. The number of likely N-dealkylation sites (N-methyl/N-ethyl adjacent to an activating group) is 1. The number of benzene rings is 1. The minimum absolute atomic E-state index is 0.0220. The summed E-state index contributed by atoms with van der Waals surface area (Å²) in [5.41, 5.74) is 7.04. The Hall–Kier alpha value is -1.59. The van der Waals surface area contributed by atoms with Crippen molar-refractivity contribution in [2.75, 3.05) is 44.6 Å². The predicted molar refractivity (Wildman–Crippen MR) is 67.0 cm³/mol. The summed E-state index contributed by atoms with van der Waals surface area (Å²) in [6.45, 7) is 0.902. The van der Waals surface area contributed by atoms with Gasteiger partial charge in [-0.1, -0.05) is 12.1 Å². The zero-order chi connectivity index (χ0) is 12.7. The molecule has 0 aliphatic heterocycles. The Morgan fingerprint density at radius 2 is 2.06 bits per heavy atom. The van der Waals surface area contributed by atoms with Crippen LogP contribution < -0.4 is 10.6 Å². The van der Waals surface area contributed by atoms with Crippen LogP contribution in [-0.2, 0) is 14.3 Å². The maximum absolute atomic E-state index is 11.8. The lowest BCUT2D eigenvalue weighted by molar-refractivity contribution is -0.123. The van der Waals surface area contributed by atoms with Crippen LogP contribution in [0, 0.1) is 0 Å². The van der Waals surface area contributed by atoms with Gasteiger partial charge in [0, 0.05) is 14.2 Å². The highest BCUT2D eigenvalue weighted by atomic mass is 16.5. The van der Waals surface area contributed by atoms with Crippen LogP contribution in [0.4, 0.5) is 11.4 Å². The maximum Gasteiger partial charge on any atom is 0.252 e. The van der Waals surface area contributed by atoms with Crippen molar-refractivity contribution in [1.29, 1.82) is 0 Å². The molecule has 94 valence electrons. The summed E-state index contributed by atoms with van der Waals surface area (Å²) in [6, 6.07) is 7.21. The van der Waals surface area contributed by atoms with Gasteiger partial charge < -0.3 is 20.1 Å². The molecule has 1 rings (SSSR count). The number of rotatable bonds is 6. The van der Waals surface area contributed by atoms with Crippen molar-refractivity contribution in [1.82, 2.24) is 0 Å². The monoisotopic (exact) mass is 238 g/mol. The zero-order valence-electron chi connectivity index (χ0n) is 10.2. The van der Waals surface area contributed by atoms with Crippen LogP contribution >= 0.6 is 0 Å². The molecule has 0 spiro atoms.